The van der Waals surface area contributed by atoms with E-state index in [1.165, 1.54) is 35.8 Å². The summed E-state index contributed by atoms with van der Waals surface area (Å²) in [7, 11) is -1.78. The SMILES string of the molecule is Cn1cc(S(=O)(=O)N2CCCC2)cc1C(=O)NCCN1CCCCC1. The van der Waals surface area contributed by atoms with E-state index in [0.29, 0.717) is 25.3 Å². The fraction of sp³-hybridized carbons (Fsp3) is 0.706. The minimum atomic E-state index is -3.49. The van der Waals surface area contributed by atoms with E-state index in [9.17, 15) is 13.2 Å². The molecule has 3 heterocycles. The molecule has 7 nitrogen and oxygen atoms in total. The van der Waals surface area contributed by atoms with E-state index in [1.54, 1.807) is 11.6 Å². The maximum Gasteiger partial charge on any atom is 0.267 e. The molecule has 25 heavy (non-hydrogen) atoms. The van der Waals surface area contributed by atoms with Crippen LogP contribution in [0.1, 0.15) is 42.6 Å². The summed E-state index contributed by atoms with van der Waals surface area (Å²) in [5, 5.41) is 2.91. The highest BCUT2D eigenvalue weighted by Gasteiger charge is 2.29. The quantitative estimate of drug-likeness (QED) is 0.814. The van der Waals surface area contributed by atoms with Crippen LogP contribution in [0.3, 0.4) is 0 Å². The lowest BCUT2D eigenvalue weighted by Gasteiger charge is -2.26. The highest BCUT2D eigenvalue weighted by Crippen LogP contribution is 2.22. The number of hydrogen-bond donors (Lipinski definition) is 1. The summed E-state index contributed by atoms with van der Waals surface area (Å²) in [5.74, 6) is -0.220. The Morgan fingerprint density at radius 1 is 1.08 bits per heavy atom. The first-order valence-electron chi connectivity index (χ1n) is 9.15. The van der Waals surface area contributed by atoms with Crippen LogP contribution in [0.4, 0.5) is 0 Å². The van der Waals surface area contributed by atoms with Crippen molar-refractivity contribution in [2.75, 3.05) is 39.3 Å². The molecular formula is C17H28N4O3S. The number of carbonyl (C=O) groups excluding carboxylic acids is 1. The minimum Gasteiger partial charge on any atom is -0.349 e. The minimum absolute atomic E-state index is 0.207. The van der Waals surface area contributed by atoms with E-state index >= 15 is 0 Å². The van der Waals surface area contributed by atoms with E-state index in [4.69, 9.17) is 0 Å². The highest BCUT2D eigenvalue weighted by molar-refractivity contribution is 7.89. The summed E-state index contributed by atoms with van der Waals surface area (Å²) in [5.41, 5.74) is 0.386. The number of aromatic nitrogens is 1. The standard InChI is InChI=1S/C17H28N4O3S/c1-19-14-15(25(23,24)21-10-5-6-11-21)13-16(19)17(22)18-7-12-20-8-3-2-4-9-20/h13-14H,2-12H2,1H3,(H,18,22). The van der Waals surface area contributed by atoms with Crippen molar-refractivity contribution < 1.29 is 13.2 Å². The fourth-order valence-corrected chi connectivity index (χ4v) is 5.17. The normalized spacial score (nSPS) is 20.0. The number of sulfonamides is 1. The Morgan fingerprint density at radius 2 is 1.72 bits per heavy atom. The van der Waals surface area contributed by atoms with Gasteiger partial charge in [0.15, 0.2) is 0 Å². The Labute approximate surface area is 150 Å². The molecule has 0 aromatic carbocycles. The molecule has 1 N–H and O–H groups in total. The molecule has 1 aromatic heterocycles. The maximum atomic E-state index is 12.6. The second-order valence-electron chi connectivity index (χ2n) is 6.94. The van der Waals surface area contributed by atoms with E-state index in [-0.39, 0.29) is 10.8 Å². The van der Waals surface area contributed by atoms with Crippen LogP contribution in [0.15, 0.2) is 17.2 Å². The largest absolute Gasteiger partial charge is 0.349 e. The number of hydrogen-bond acceptors (Lipinski definition) is 4. The molecule has 0 bridgehead atoms. The summed E-state index contributed by atoms with van der Waals surface area (Å²) >= 11 is 0. The molecule has 1 amide bonds. The smallest absolute Gasteiger partial charge is 0.267 e. The zero-order valence-electron chi connectivity index (χ0n) is 14.9. The van der Waals surface area contributed by atoms with Gasteiger partial charge in [0.2, 0.25) is 10.0 Å². The topological polar surface area (TPSA) is 74.6 Å². The van der Waals surface area contributed by atoms with Crippen LogP contribution < -0.4 is 5.32 Å². The van der Waals surface area contributed by atoms with Crippen LogP contribution in [0.5, 0.6) is 0 Å². The summed E-state index contributed by atoms with van der Waals surface area (Å²) < 4.78 is 28.3. The van der Waals surface area contributed by atoms with Gasteiger partial charge in [-0.3, -0.25) is 4.79 Å². The molecule has 0 unspecified atom stereocenters. The summed E-state index contributed by atoms with van der Waals surface area (Å²) in [6, 6.07) is 1.49. The second-order valence-corrected chi connectivity index (χ2v) is 8.88. The summed E-state index contributed by atoms with van der Waals surface area (Å²) in [4.78, 5) is 15.0. The third-order valence-corrected chi connectivity index (χ3v) is 6.94. The van der Waals surface area contributed by atoms with Gasteiger partial charge < -0.3 is 14.8 Å². The third-order valence-electron chi connectivity index (χ3n) is 5.08. The molecule has 140 valence electrons. The van der Waals surface area contributed by atoms with Crippen molar-refractivity contribution in [2.24, 2.45) is 7.05 Å². The second kappa shape index (κ2) is 7.88. The van der Waals surface area contributed by atoms with Gasteiger partial charge in [-0.15, -0.1) is 0 Å². The average molecular weight is 369 g/mol. The van der Waals surface area contributed by atoms with Gasteiger partial charge in [-0.1, -0.05) is 6.42 Å². The molecule has 0 spiro atoms. The Bertz CT molecular complexity index is 701. The first kappa shape index (κ1) is 18.4. The zero-order valence-corrected chi connectivity index (χ0v) is 15.7. The van der Waals surface area contributed by atoms with Crippen LogP contribution in [-0.2, 0) is 17.1 Å². The van der Waals surface area contributed by atoms with Crippen LogP contribution in [0.2, 0.25) is 0 Å². The van der Waals surface area contributed by atoms with Crippen LogP contribution in [0.25, 0.3) is 0 Å². The molecular weight excluding hydrogens is 340 g/mol. The van der Waals surface area contributed by atoms with E-state index in [1.807, 2.05) is 0 Å². The molecule has 2 saturated heterocycles. The van der Waals surface area contributed by atoms with Crippen molar-refractivity contribution in [1.82, 2.24) is 19.1 Å². The van der Waals surface area contributed by atoms with Crippen molar-refractivity contribution >= 4 is 15.9 Å². The number of piperidine rings is 1. The average Bonchev–Trinajstić information content (AvgIpc) is 3.26. The van der Waals surface area contributed by atoms with Gasteiger partial charge in [-0.2, -0.15) is 4.31 Å². The number of rotatable bonds is 6. The van der Waals surface area contributed by atoms with Crippen LogP contribution >= 0.6 is 0 Å². The number of likely N-dealkylation sites (tertiary alicyclic amines) is 1. The number of aryl methyl sites for hydroxylation is 1. The molecule has 2 fully saturated rings. The molecule has 1 aromatic rings. The molecule has 0 aliphatic carbocycles. The van der Waals surface area contributed by atoms with Gasteiger partial charge in [-0.05, 0) is 44.8 Å². The Balaban J connectivity index is 1.60. The fourth-order valence-electron chi connectivity index (χ4n) is 3.58. The first-order valence-corrected chi connectivity index (χ1v) is 10.6. The number of carbonyl (C=O) groups is 1. The number of amides is 1. The highest BCUT2D eigenvalue weighted by atomic mass is 32.2. The summed E-state index contributed by atoms with van der Waals surface area (Å²) in [6.45, 7) is 4.74. The number of nitrogens with zero attached hydrogens (tertiary/aromatic N) is 3. The monoisotopic (exact) mass is 368 g/mol. The lowest BCUT2D eigenvalue weighted by Crippen LogP contribution is -2.38. The molecule has 2 aliphatic heterocycles. The van der Waals surface area contributed by atoms with Crippen molar-refractivity contribution in [3.8, 4) is 0 Å². The molecule has 3 rings (SSSR count). The summed E-state index contributed by atoms with van der Waals surface area (Å²) in [6.07, 6.45) is 7.08. The van der Waals surface area contributed by atoms with Crippen molar-refractivity contribution in [1.29, 1.82) is 0 Å². The molecule has 0 saturated carbocycles. The van der Waals surface area contributed by atoms with Crippen LogP contribution in [-0.4, -0.2) is 67.4 Å². The lowest BCUT2D eigenvalue weighted by atomic mass is 10.1. The molecule has 2 aliphatic rings. The zero-order chi connectivity index (χ0) is 17.9. The van der Waals surface area contributed by atoms with Gasteiger partial charge in [0.05, 0.1) is 0 Å². The van der Waals surface area contributed by atoms with E-state index in [0.717, 1.165) is 32.5 Å². The van der Waals surface area contributed by atoms with Gasteiger partial charge in [0.1, 0.15) is 10.6 Å². The molecule has 8 heteroatoms. The van der Waals surface area contributed by atoms with E-state index < -0.39 is 10.0 Å². The first-order chi connectivity index (χ1) is 12.0. The van der Waals surface area contributed by atoms with Gasteiger partial charge in [0, 0.05) is 39.4 Å². The predicted octanol–water partition coefficient (Wildman–Crippen LogP) is 1.03. The van der Waals surface area contributed by atoms with Gasteiger partial charge in [0.25, 0.3) is 5.91 Å². The predicted molar refractivity (Wildman–Crippen MR) is 96.0 cm³/mol. The Hall–Kier alpha value is -1.38. The third kappa shape index (κ3) is 4.24. The Kier molecular flexibility index (Phi) is 5.81. The maximum absolute atomic E-state index is 12.6. The molecule has 0 atom stereocenters. The van der Waals surface area contributed by atoms with Crippen molar-refractivity contribution in [3.05, 3.63) is 18.0 Å². The van der Waals surface area contributed by atoms with E-state index in [2.05, 4.69) is 10.2 Å². The Morgan fingerprint density at radius 3 is 2.40 bits per heavy atom. The van der Waals surface area contributed by atoms with Gasteiger partial charge in [-0.25, -0.2) is 8.42 Å². The van der Waals surface area contributed by atoms with Crippen molar-refractivity contribution in [3.63, 3.8) is 0 Å². The lowest BCUT2D eigenvalue weighted by molar-refractivity contribution is 0.0938. The van der Waals surface area contributed by atoms with Crippen molar-refractivity contribution in [2.45, 2.75) is 37.0 Å². The number of nitrogens with one attached hydrogen (secondary N) is 1. The molecule has 0 radical (unpaired) electrons. The van der Waals surface area contributed by atoms with Crippen LogP contribution in [0, 0.1) is 0 Å². The van der Waals surface area contributed by atoms with Gasteiger partial charge >= 0.3 is 0 Å².